The van der Waals surface area contributed by atoms with E-state index in [0.717, 1.165) is 9.87 Å². The van der Waals surface area contributed by atoms with Crippen LogP contribution in [0.25, 0.3) is 0 Å². The number of nitrogens with one attached hydrogen (secondary N) is 1. The van der Waals surface area contributed by atoms with E-state index in [0.29, 0.717) is 27.5 Å². The number of benzene rings is 3. The fourth-order valence-electron chi connectivity index (χ4n) is 3.35. The highest BCUT2D eigenvalue weighted by Gasteiger charge is 2.29. The van der Waals surface area contributed by atoms with Crippen LogP contribution < -0.4 is 15.4 Å². The zero-order valence-corrected chi connectivity index (χ0v) is 20.0. The van der Waals surface area contributed by atoms with E-state index in [4.69, 9.17) is 17.3 Å². The van der Waals surface area contributed by atoms with Crippen LogP contribution in [-0.2, 0) is 14.8 Å². The predicted octanol–water partition coefficient (Wildman–Crippen LogP) is 4.20. The molecule has 3 N–H and O–H groups in total. The minimum atomic E-state index is -4.09. The molecule has 0 bridgehead atoms. The van der Waals surface area contributed by atoms with Gasteiger partial charge < -0.3 is 11.1 Å². The Morgan fingerprint density at radius 1 is 1.00 bits per heavy atom. The number of anilines is 2. The molecule has 0 aliphatic rings. The van der Waals surface area contributed by atoms with Crippen molar-refractivity contribution in [2.24, 2.45) is 5.73 Å². The van der Waals surface area contributed by atoms with E-state index < -0.39 is 28.4 Å². The molecule has 3 aromatic rings. The highest BCUT2D eigenvalue weighted by molar-refractivity contribution is 7.92. The molecule has 0 saturated heterocycles. The van der Waals surface area contributed by atoms with Crippen molar-refractivity contribution in [3.8, 4) is 0 Å². The predicted molar refractivity (Wildman–Crippen MR) is 130 cm³/mol. The van der Waals surface area contributed by atoms with Gasteiger partial charge in [-0.15, -0.1) is 0 Å². The molecule has 0 spiro atoms. The lowest BCUT2D eigenvalue weighted by Crippen LogP contribution is -2.38. The van der Waals surface area contributed by atoms with Crippen molar-refractivity contribution in [2.45, 2.75) is 25.7 Å². The summed E-state index contributed by atoms with van der Waals surface area (Å²) in [6.45, 7) is 4.74. The Kier molecular flexibility index (Phi) is 7.09. The van der Waals surface area contributed by atoms with Crippen LogP contribution in [0.5, 0.6) is 0 Å². The zero-order chi connectivity index (χ0) is 24.3. The molecule has 2 amide bonds. The number of halogens is 1. The van der Waals surface area contributed by atoms with E-state index in [1.165, 1.54) is 18.2 Å². The molecule has 0 aromatic heterocycles. The molecule has 0 atom stereocenters. The number of hydrogen-bond donors (Lipinski definition) is 2. The quantitative estimate of drug-likeness (QED) is 0.522. The fourth-order valence-corrected chi connectivity index (χ4v) is 4.99. The minimum Gasteiger partial charge on any atom is -0.366 e. The Morgan fingerprint density at radius 2 is 1.67 bits per heavy atom. The Morgan fingerprint density at radius 3 is 2.30 bits per heavy atom. The van der Waals surface area contributed by atoms with Gasteiger partial charge in [-0.05, 0) is 68.3 Å². The van der Waals surface area contributed by atoms with E-state index in [1.54, 1.807) is 56.3 Å². The molecule has 0 saturated carbocycles. The average molecular weight is 486 g/mol. The van der Waals surface area contributed by atoms with Crippen LogP contribution in [0.3, 0.4) is 0 Å². The second-order valence-corrected chi connectivity index (χ2v) is 9.94. The maximum atomic E-state index is 13.5. The molecule has 7 nitrogen and oxygen atoms in total. The smallest absolute Gasteiger partial charge is 0.264 e. The Balaban J connectivity index is 2.01. The van der Waals surface area contributed by atoms with E-state index in [9.17, 15) is 18.0 Å². The third kappa shape index (κ3) is 5.35. The van der Waals surface area contributed by atoms with Crippen LogP contribution in [0.2, 0.25) is 5.02 Å². The number of primary amides is 1. The van der Waals surface area contributed by atoms with Crippen LogP contribution in [0.4, 0.5) is 11.4 Å². The van der Waals surface area contributed by atoms with E-state index in [-0.39, 0.29) is 10.5 Å². The summed E-state index contributed by atoms with van der Waals surface area (Å²) >= 11 is 6.15. The third-order valence-corrected chi connectivity index (χ3v) is 7.22. The summed E-state index contributed by atoms with van der Waals surface area (Å²) in [7, 11) is -4.09. The molecule has 9 heteroatoms. The molecular weight excluding hydrogens is 462 g/mol. The number of rotatable bonds is 7. The molecule has 0 unspecified atom stereocenters. The average Bonchev–Trinajstić information content (AvgIpc) is 2.75. The fraction of sp³-hybridized carbons (Fsp3) is 0.167. The largest absolute Gasteiger partial charge is 0.366 e. The summed E-state index contributed by atoms with van der Waals surface area (Å²) < 4.78 is 28.1. The summed E-state index contributed by atoms with van der Waals surface area (Å²) in [4.78, 5) is 24.7. The third-order valence-electron chi connectivity index (χ3n) is 5.21. The van der Waals surface area contributed by atoms with E-state index in [2.05, 4.69) is 5.32 Å². The highest BCUT2D eigenvalue weighted by atomic mass is 35.5. The summed E-state index contributed by atoms with van der Waals surface area (Å²) in [5.74, 6) is -1.21. The molecule has 3 aromatic carbocycles. The second kappa shape index (κ2) is 9.64. The number of carbonyl (C=O) groups is 2. The van der Waals surface area contributed by atoms with Gasteiger partial charge in [0.15, 0.2) is 0 Å². The van der Waals surface area contributed by atoms with Crippen LogP contribution in [-0.4, -0.2) is 26.8 Å². The van der Waals surface area contributed by atoms with E-state index in [1.807, 2.05) is 6.92 Å². The van der Waals surface area contributed by atoms with Crippen molar-refractivity contribution in [3.05, 3.63) is 87.9 Å². The Hall–Kier alpha value is -3.36. The molecule has 3 rings (SSSR count). The number of aryl methyl sites for hydroxylation is 2. The summed E-state index contributed by atoms with van der Waals surface area (Å²) in [6.07, 6.45) is 0. The van der Waals surface area contributed by atoms with Gasteiger partial charge in [-0.1, -0.05) is 41.4 Å². The lowest BCUT2D eigenvalue weighted by atomic mass is 10.1. The number of carbonyl (C=O) groups excluding carboxylic acids is 2. The molecule has 0 radical (unpaired) electrons. The molecule has 0 fully saturated rings. The monoisotopic (exact) mass is 485 g/mol. The van der Waals surface area contributed by atoms with Gasteiger partial charge >= 0.3 is 0 Å². The van der Waals surface area contributed by atoms with E-state index >= 15 is 0 Å². The first-order chi connectivity index (χ1) is 15.5. The Bertz CT molecular complexity index is 1320. The van der Waals surface area contributed by atoms with Crippen molar-refractivity contribution in [1.82, 2.24) is 0 Å². The first-order valence-electron chi connectivity index (χ1n) is 10.1. The summed E-state index contributed by atoms with van der Waals surface area (Å²) in [5, 5.41) is 3.02. The van der Waals surface area contributed by atoms with Crippen molar-refractivity contribution >= 4 is 44.8 Å². The van der Waals surface area contributed by atoms with Gasteiger partial charge in [0.05, 0.1) is 10.6 Å². The summed E-state index contributed by atoms with van der Waals surface area (Å²) in [5.41, 5.74) is 8.34. The van der Waals surface area contributed by atoms with Gasteiger partial charge in [0.2, 0.25) is 11.8 Å². The normalized spacial score (nSPS) is 11.2. The Labute approximate surface area is 198 Å². The van der Waals surface area contributed by atoms with Crippen molar-refractivity contribution in [1.29, 1.82) is 0 Å². The van der Waals surface area contributed by atoms with Gasteiger partial charge in [0.1, 0.15) is 6.54 Å². The topological polar surface area (TPSA) is 110 Å². The van der Waals surface area contributed by atoms with Crippen LogP contribution in [0.1, 0.15) is 27.0 Å². The van der Waals surface area contributed by atoms with Crippen LogP contribution in [0.15, 0.2) is 65.6 Å². The van der Waals surface area contributed by atoms with Crippen molar-refractivity contribution in [2.75, 3.05) is 16.2 Å². The molecule has 0 aliphatic carbocycles. The maximum absolute atomic E-state index is 13.5. The molecule has 0 aliphatic heterocycles. The van der Waals surface area contributed by atoms with Gasteiger partial charge in [0.25, 0.3) is 10.0 Å². The molecule has 33 heavy (non-hydrogen) atoms. The lowest BCUT2D eigenvalue weighted by Gasteiger charge is -2.26. The minimum absolute atomic E-state index is 0.0483. The highest BCUT2D eigenvalue weighted by Crippen LogP contribution is 2.30. The number of amides is 2. The van der Waals surface area contributed by atoms with Crippen molar-refractivity contribution in [3.63, 3.8) is 0 Å². The first-order valence-corrected chi connectivity index (χ1v) is 11.9. The van der Waals surface area contributed by atoms with Crippen LogP contribution >= 0.6 is 11.6 Å². The van der Waals surface area contributed by atoms with Gasteiger partial charge in [-0.25, -0.2) is 8.42 Å². The standard InChI is InChI=1S/C24H24ClN3O4S/c1-15-7-11-19(12-8-15)33(31,32)28(22-13-18(25)10-9-16(22)2)14-23(29)27-21-6-4-5-20(17(21)3)24(26)30/h4-13H,14H2,1-3H3,(H2,26,30)(H,27,29). The van der Waals surface area contributed by atoms with Crippen molar-refractivity contribution < 1.29 is 18.0 Å². The summed E-state index contributed by atoms with van der Waals surface area (Å²) in [6, 6.07) is 16.0. The SMILES string of the molecule is Cc1ccc(S(=O)(=O)N(CC(=O)Nc2cccc(C(N)=O)c2C)c2cc(Cl)ccc2C)cc1. The number of nitrogens with two attached hydrogens (primary N) is 1. The van der Waals surface area contributed by atoms with Gasteiger partial charge in [-0.3, -0.25) is 13.9 Å². The number of sulfonamides is 1. The van der Waals surface area contributed by atoms with Gasteiger partial charge in [-0.2, -0.15) is 0 Å². The lowest BCUT2D eigenvalue weighted by molar-refractivity contribution is -0.114. The second-order valence-electron chi connectivity index (χ2n) is 7.65. The first kappa shape index (κ1) is 24.3. The zero-order valence-electron chi connectivity index (χ0n) is 18.4. The van der Waals surface area contributed by atoms with Crippen LogP contribution in [0, 0.1) is 20.8 Å². The number of nitrogens with zero attached hydrogens (tertiary/aromatic N) is 1. The van der Waals surface area contributed by atoms with Gasteiger partial charge in [0, 0.05) is 16.3 Å². The molecule has 0 heterocycles. The number of hydrogen-bond acceptors (Lipinski definition) is 4. The molecule has 172 valence electrons. The molecular formula is C24H24ClN3O4S. The maximum Gasteiger partial charge on any atom is 0.264 e.